The van der Waals surface area contributed by atoms with Crippen molar-refractivity contribution in [2.45, 2.75) is 83.8 Å². The van der Waals surface area contributed by atoms with Gasteiger partial charge in [0.1, 0.15) is 0 Å². The van der Waals surface area contributed by atoms with Crippen LogP contribution >= 0.6 is 0 Å². The van der Waals surface area contributed by atoms with Crippen molar-refractivity contribution < 1.29 is 0 Å². The molecule has 0 radical (unpaired) electrons. The Morgan fingerprint density at radius 3 is 2.05 bits per heavy atom. The third-order valence-corrected chi connectivity index (χ3v) is 6.28. The number of nitrogens with zero attached hydrogens (tertiary/aromatic N) is 1. The van der Waals surface area contributed by atoms with E-state index in [2.05, 4.69) is 31.0 Å². The molecular formula is C18H34N2. The molecule has 0 aromatic heterocycles. The first-order valence-electron chi connectivity index (χ1n) is 9.13. The quantitative estimate of drug-likeness (QED) is 0.847. The molecule has 1 heterocycles. The van der Waals surface area contributed by atoms with Gasteiger partial charge in [0.2, 0.25) is 0 Å². The van der Waals surface area contributed by atoms with Crippen molar-refractivity contribution in [3.8, 4) is 0 Å². The van der Waals surface area contributed by atoms with Gasteiger partial charge in [0.15, 0.2) is 0 Å². The molecule has 0 aromatic carbocycles. The molecule has 1 aliphatic heterocycles. The molecule has 1 saturated heterocycles. The maximum absolute atomic E-state index is 4.11. The van der Waals surface area contributed by atoms with E-state index >= 15 is 0 Å². The van der Waals surface area contributed by atoms with Gasteiger partial charge in [-0.3, -0.25) is 0 Å². The third-order valence-electron chi connectivity index (χ3n) is 6.28. The Balaban J connectivity index is 1.59. The molecule has 2 saturated carbocycles. The van der Waals surface area contributed by atoms with E-state index < -0.39 is 0 Å². The summed E-state index contributed by atoms with van der Waals surface area (Å²) in [6.07, 6.45) is 10.1. The minimum absolute atomic E-state index is 0.731. The highest BCUT2D eigenvalue weighted by molar-refractivity contribution is 4.97. The first-order valence-corrected chi connectivity index (χ1v) is 9.13. The van der Waals surface area contributed by atoms with Gasteiger partial charge in [0.05, 0.1) is 0 Å². The van der Waals surface area contributed by atoms with E-state index in [0.29, 0.717) is 0 Å². The fourth-order valence-corrected chi connectivity index (χ4v) is 4.87. The van der Waals surface area contributed by atoms with E-state index in [1.807, 2.05) is 0 Å². The monoisotopic (exact) mass is 278 g/mol. The molecule has 0 amide bonds. The number of hydrogen-bond acceptors (Lipinski definition) is 2. The van der Waals surface area contributed by atoms with Crippen molar-refractivity contribution in [3.63, 3.8) is 0 Å². The van der Waals surface area contributed by atoms with Crippen molar-refractivity contribution in [2.24, 2.45) is 17.8 Å². The van der Waals surface area contributed by atoms with E-state index in [4.69, 9.17) is 0 Å². The zero-order valence-corrected chi connectivity index (χ0v) is 13.8. The number of fused-ring (bicyclic) bond motifs is 2. The number of piperidine rings is 1. The predicted octanol–water partition coefficient (Wildman–Crippen LogP) is 3.66. The van der Waals surface area contributed by atoms with E-state index in [1.165, 1.54) is 58.0 Å². The van der Waals surface area contributed by atoms with Crippen LogP contribution in [0.5, 0.6) is 0 Å². The Hall–Kier alpha value is -0.0800. The molecule has 3 aliphatic rings. The third kappa shape index (κ3) is 3.22. The second kappa shape index (κ2) is 6.36. The summed E-state index contributed by atoms with van der Waals surface area (Å²) in [5.74, 6) is 2.81. The lowest BCUT2D eigenvalue weighted by Crippen LogP contribution is -2.60. The molecule has 2 bridgehead atoms. The molecule has 0 aromatic rings. The first-order chi connectivity index (χ1) is 9.63. The Bertz CT molecular complexity index is 293. The molecule has 0 spiro atoms. The Morgan fingerprint density at radius 1 is 0.900 bits per heavy atom. The highest BCUT2D eigenvalue weighted by Gasteiger charge is 2.40. The van der Waals surface area contributed by atoms with E-state index in [1.54, 1.807) is 0 Å². The van der Waals surface area contributed by atoms with E-state index in [0.717, 1.165) is 35.9 Å². The molecule has 3 rings (SSSR count). The SMILES string of the molecule is CC1CCC(NC2C3CCCC2CN(C(C)C)C3)CC1. The molecule has 2 unspecified atom stereocenters. The van der Waals surface area contributed by atoms with Crippen LogP contribution < -0.4 is 5.32 Å². The average Bonchev–Trinajstić information content (AvgIpc) is 2.40. The van der Waals surface area contributed by atoms with Crippen molar-refractivity contribution in [1.82, 2.24) is 10.2 Å². The summed E-state index contributed by atoms with van der Waals surface area (Å²) in [7, 11) is 0. The van der Waals surface area contributed by atoms with Gasteiger partial charge >= 0.3 is 0 Å². The zero-order valence-electron chi connectivity index (χ0n) is 13.8. The molecule has 116 valence electrons. The van der Waals surface area contributed by atoms with Gasteiger partial charge in [-0.1, -0.05) is 13.3 Å². The molecular weight excluding hydrogens is 244 g/mol. The summed E-state index contributed by atoms with van der Waals surface area (Å²) in [4.78, 5) is 2.73. The highest BCUT2D eigenvalue weighted by atomic mass is 15.2. The van der Waals surface area contributed by atoms with Crippen molar-refractivity contribution >= 4 is 0 Å². The fourth-order valence-electron chi connectivity index (χ4n) is 4.87. The molecule has 2 aliphatic carbocycles. The van der Waals surface area contributed by atoms with Crippen LogP contribution in [0.2, 0.25) is 0 Å². The van der Waals surface area contributed by atoms with Crippen LogP contribution in [0.3, 0.4) is 0 Å². The number of nitrogens with one attached hydrogen (secondary N) is 1. The largest absolute Gasteiger partial charge is 0.311 e. The summed E-state index contributed by atoms with van der Waals surface area (Å²) in [6, 6.07) is 2.39. The lowest BCUT2D eigenvalue weighted by molar-refractivity contribution is 0.0221. The molecule has 2 nitrogen and oxygen atoms in total. The van der Waals surface area contributed by atoms with Crippen LogP contribution in [0.1, 0.15) is 65.7 Å². The lowest BCUT2D eigenvalue weighted by atomic mass is 9.72. The summed E-state index contributed by atoms with van der Waals surface area (Å²) in [6.45, 7) is 9.84. The number of hydrogen-bond donors (Lipinski definition) is 1. The van der Waals surface area contributed by atoms with Gasteiger partial charge in [-0.15, -0.1) is 0 Å². The van der Waals surface area contributed by atoms with Gasteiger partial charge in [-0.25, -0.2) is 0 Å². The lowest BCUT2D eigenvalue weighted by Gasteiger charge is -2.50. The van der Waals surface area contributed by atoms with Crippen LogP contribution in [0.15, 0.2) is 0 Å². The van der Waals surface area contributed by atoms with E-state index in [-0.39, 0.29) is 0 Å². The molecule has 1 N–H and O–H groups in total. The topological polar surface area (TPSA) is 15.3 Å². The van der Waals surface area contributed by atoms with Gasteiger partial charge in [-0.05, 0) is 70.1 Å². The Morgan fingerprint density at radius 2 is 1.50 bits per heavy atom. The molecule has 2 atom stereocenters. The van der Waals surface area contributed by atoms with Crippen molar-refractivity contribution in [3.05, 3.63) is 0 Å². The minimum Gasteiger partial charge on any atom is -0.311 e. The zero-order chi connectivity index (χ0) is 14.1. The van der Waals surface area contributed by atoms with Gasteiger partial charge in [0, 0.05) is 31.2 Å². The maximum atomic E-state index is 4.11. The van der Waals surface area contributed by atoms with E-state index in [9.17, 15) is 0 Å². The number of likely N-dealkylation sites (tertiary alicyclic amines) is 1. The van der Waals surface area contributed by atoms with Gasteiger partial charge in [0.25, 0.3) is 0 Å². The van der Waals surface area contributed by atoms with Crippen molar-refractivity contribution in [1.29, 1.82) is 0 Å². The molecule has 3 fully saturated rings. The van der Waals surface area contributed by atoms with Crippen LogP contribution in [-0.4, -0.2) is 36.1 Å². The minimum atomic E-state index is 0.731. The Kier molecular flexibility index (Phi) is 4.72. The summed E-state index contributed by atoms with van der Waals surface area (Å²) < 4.78 is 0. The van der Waals surface area contributed by atoms with Gasteiger partial charge < -0.3 is 10.2 Å². The Labute approximate surface area is 125 Å². The first kappa shape index (κ1) is 14.8. The number of rotatable bonds is 3. The highest BCUT2D eigenvalue weighted by Crippen LogP contribution is 2.37. The van der Waals surface area contributed by atoms with Crippen molar-refractivity contribution in [2.75, 3.05) is 13.1 Å². The van der Waals surface area contributed by atoms with Crippen LogP contribution in [0, 0.1) is 17.8 Å². The van der Waals surface area contributed by atoms with Crippen LogP contribution in [-0.2, 0) is 0 Å². The van der Waals surface area contributed by atoms with Crippen LogP contribution in [0.25, 0.3) is 0 Å². The maximum Gasteiger partial charge on any atom is 0.0151 e. The molecule has 20 heavy (non-hydrogen) atoms. The fraction of sp³-hybridized carbons (Fsp3) is 1.00. The van der Waals surface area contributed by atoms with Crippen LogP contribution in [0.4, 0.5) is 0 Å². The molecule has 2 heteroatoms. The predicted molar refractivity (Wildman–Crippen MR) is 85.9 cm³/mol. The smallest absolute Gasteiger partial charge is 0.0151 e. The average molecular weight is 278 g/mol. The second-order valence-corrected chi connectivity index (χ2v) is 8.15. The van der Waals surface area contributed by atoms with Gasteiger partial charge in [-0.2, -0.15) is 0 Å². The summed E-state index contributed by atoms with van der Waals surface area (Å²) in [5, 5.41) is 4.11. The standard InChI is InChI=1S/C18H34N2/c1-13(2)20-11-15-5-4-6-16(12-20)18(15)19-17-9-7-14(3)8-10-17/h13-19H,4-12H2,1-3H3. The summed E-state index contributed by atoms with van der Waals surface area (Å²) >= 11 is 0. The normalized spacial score (nSPS) is 42.9. The second-order valence-electron chi connectivity index (χ2n) is 8.15. The summed E-state index contributed by atoms with van der Waals surface area (Å²) in [5.41, 5.74) is 0.